The predicted molar refractivity (Wildman–Crippen MR) is 57.0 cm³/mol. The Kier molecular flexibility index (Phi) is 2.37. The lowest BCUT2D eigenvalue weighted by atomic mass is 10.1. The van der Waals surface area contributed by atoms with E-state index >= 15 is 0 Å². The maximum atomic E-state index is 10.8. The third kappa shape index (κ3) is 1.46. The summed E-state index contributed by atoms with van der Waals surface area (Å²) in [5.74, 6) is -0.784. The number of carbonyl (C=O) groups is 1. The number of anilines is 1. The van der Waals surface area contributed by atoms with Gasteiger partial charge in [0.15, 0.2) is 0 Å². The van der Waals surface area contributed by atoms with Crippen LogP contribution < -0.4 is 5.32 Å². The average molecular weight is 209 g/mol. The third-order valence-electron chi connectivity index (χ3n) is 2.39. The van der Waals surface area contributed by atoms with E-state index in [0.717, 1.165) is 11.3 Å². The topological polar surface area (TPSA) is 49.3 Å². The normalized spacial score (nSPS) is 18.8. The summed E-state index contributed by atoms with van der Waals surface area (Å²) in [4.78, 5) is 12.0. The van der Waals surface area contributed by atoms with Gasteiger partial charge in [0.25, 0.3) is 0 Å². The van der Waals surface area contributed by atoms with Crippen molar-refractivity contribution >= 4 is 23.4 Å². The van der Waals surface area contributed by atoms with Gasteiger partial charge in [0.1, 0.15) is 6.04 Å². The van der Waals surface area contributed by atoms with Crippen molar-refractivity contribution in [3.63, 3.8) is 0 Å². The van der Waals surface area contributed by atoms with E-state index in [1.165, 1.54) is 4.90 Å². The molecule has 1 heterocycles. The molecule has 0 aromatic heterocycles. The van der Waals surface area contributed by atoms with Crippen LogP contribution in [0, 0.1) is 0 Å². The standard InChI is InChI=1S/C10H11NO2S/c1-14-9-4-2-3-7-6(9)5-8(11-7)10(12)13/h2-4,8,11H,5H2,1H3,(H,12,13)/t8-/m0/s1. The van der Waals surface area contributed by atoms with Gasteiger partial charge in [-0.05, 0) is 24.0 Å². The molecule has 0 aliphatic carbocycles. The average Bonchev–Trinajstić information content (AvgIpc) is 2.60. The Morgan fingerprint density at radius 3 is 3.07 bits per heavy atom. The summed E-state index contributed by atoms with van der Waals surface area (Å²) in [6.07, 6.45) is 2.59. The zero-order valence-corrected chi connectivity index (χ0v) is 8.60. The van der Waals surface area contributed by atoms with Crippen molar-refractivity contribution in [2.45, 2.75) is 17.4 Å². The number of aliphatic carboxylic acids is 1. The summed E-state index contributed by atoms with van der Waals surface area (Å²) in [5.41, 5.74) is 2.09. The van der Waals surface area contributed by atoms with E-state index in [1.54, 1.807) is 11.8 Å². The van der Waals surface area contributed by atoms with Crippen LogP contribution >= 0.6 is 11.8 Å². The molecule has 1 atom stereocenters. The molecular weight excluding hydrogens is 198 g/mol. The molecule has 1 aliphatic rings. The van der Waals surface area contributed by atoms with Crippen LogP contribution in [0.2, 0.25) is 0 Å². The number of hydrogen-bond acceptors (Lipinski definition) is 3. The number of carboxylic acids is 1. The Morgan fingerprint density at radius 2 is 2.43 bits per heavy atom. The zero-order chi connectivity index (χ0) is 10.1. The number of rotatable bonds is 2. The van der Waals surface area contributed by atoms with Gasteiger partial charge in [-0.1, -0.05) is 6.07 Å². The number of fused-ring (bicyclic) bond motifs is 1. The van der Waals surface area contributed by atoms with Crippen molar-refractivity contribution in [3.8, 4) is 0 Å². The molecule has 1 aromatic rings. The highest BCUT2D eigenvalue weighted by Crippen LogP contribution is 2.33. The van der Waals surface area contributed by atoms with Gasteiger partial charge in [-0.2, -0.15) is 0 Å². The smallest absolute Gasteiger partial charge is 0.326 e. The van der Waals surface area contributed by atoms with Crippen LogP contribution in [0.15, 0.2) is 23.1 Å². The van der Waals surface area contributed by atoms with Crippen molar-refractivity contribution in [3.05, 3.63) is 23.8 Å². The minimum Gasteiger partial charge on any atom is -0.480 e. The van der Waals surface area contributed by atoms with Crippen molar-refractivity contribution < 1.29 is 9.90 Å². The van der Waals surface area contributed by atoms with Crippen LogP contribution in [-0.2, 0) is 11.2 Å². The van der Waals surface area contributed by atoms with E-state index in [4.69, 9.17) is 5.11 Å². The van der Waals surface area contributed by atoms with Gasteiger partial charge in [-0.15, -0.1) is 11.8 Å². The second-order valence-corrected chi connectivity index (χ2v) is 4.07. The highest BCUT2D eigenvalue weighted by atomic mass is 32.2. The molecule has 74 valence electrons. The van der Waals surface area contributed by atoms with Crippen LogP contribution in [0.4, 0.5) is 5.69 Å². The highest BCUT2D eigenvalue weighted by Gasteiger charge is 2.27. The van der Waals surface area contributed by atoms with Crippen molar-refractivity contribution in [1.82, 2.24) is 0 Å². The maximum absolute atomic E-state index is 10.8. The molecule has 2 N–H and O–H groups in total. The van der Waals surface area contributed by atoms with E-state index in [-0.39, 0.29) is 0 Å². The van der Waals surface area contributed by atoms with Crippen LogP contribution in [0.3, 0.4) is 0 Å². The lowest BCUT2D eigenvalue weighted by molar-refractivity contribution is -0.137. The van der Waals surface area contributed by atoms with Crippen molar-refractivity contribution in [2.24, 2.45) is 0 Å². The van der Waals surface area contributed by atoms with Crippen molar-refractivity contribution in [1.29, 1.82) is 0 Å². The fourth-order valence-corrected chi connectivity index (χ4v) is 2.35. The molecule has 2 rings (SSSR count). The summed E-state index contributed by atoms with van der Waals surface area (Å²) < 4.78 is 0. The van der Waals surface area contributed by atoms with Crippen LogP contribution in [0.5, 0.6) is 0 Å². The lowest BCUT2D eigenvalue weighted by Crippen LogP contribution is -2.26. The summed E-state index contributed by atoms with van der Waals surface area (Å²) in [6.45, 7) is 0. The Hall–Kier alpha value is -1.16. The van der Waals surface area contributed by atoms with Gasteiger partial charge in [-0.3, -0.25) is 0 Å². The molecule has 0 saturated heterocycles. The van der Waals surface area contributed by atoms with E-state index in [0.29, 0.717) is 6.42 Å². The summed E-state index contributed by atoms with van der Waals surface area (Å²) in [5, 5.41) is 11.9. The first kappa shape index (κ1) is 9.40. The molecule has 0 radical (unpaired) electrons. The molecular formula is C10H11NO2S. The Bertz CT molecular complexity index is 378. The molecule has 1 aliphatic heterocycles. The molecule has 4 heteroatoms. The maximum Gasteiger partial charge on any atom is 0.326 e. The van der Waals surface area contributed by atoms with Gasteiger partial charge in [-0.25, -0.2) is 4.79 Å². The first-order chi connectivity index (χ1) is 6.72. The van der Waals surface area contributed by atoms with E-state index in [1.807, 2.05) is 24.5 Å². The monoisotopic (exact) mass is 209 g/mol. The Morgan fingerprint density at radius 1 is 1.64 bits per heavy atom. The molecule has 3 nitrogen and oxygen atoms in total. The van der Waals surface area contributed by atoms with Crippen LogP contribution in [0.25, 0.3) is 0 Å². The van der Waals surface area contributed by atoms with E-state index in [9.17, 15) is 4.79 Å². The molecule has 14 heavy (non-hydrogen) atoms. The Balaban J connectivity index is 2.34. The largest absolute Gasteiger partial charge is 0.480 e. The minimum absolute atomic E-state index is 0.460. The second-order valence-electron chi connectivity index (χ2n) is 3.23. The lowest BCUT2D eigenvalue weighted by Gasteiger charge is -2.03. The first-order valence-corrected chi connectivity index (χ1v) is 5.60. The van der Waals surface area contributed by atoms with Gasteiger partial charge >= 0.3 is 5.97 Å². The van der Waals surface area contributed by atoms with Gasteiger partial charge in [0.05, 0.1) is 0 Å². The highest BCUT2D eigenvalue weighted by molar-refractivity contribution is 7.98. The minimum atomic E-state index is -0.784. The fourth-order valence-electron chi connectivity index (χ4n) is 1.69. The first-order valence-electron chi connectivity index (χ1n) is 4.37. The fraction of sp³-hybridized carbons (Fsp3) is 0.300. The number of carboxylic acid groups (broad SMARTS) is 1. The molecule has 0 fully saturated rings. The third-order valence-corrected chi connectivity index (χ3v) is 3.21. The number of nitrogens with one attached hydrogen (secondary N) is 1. The van der Waals surface area contributed by atoms with Crippen LogP contribution in [0.1, 0.15) is 5.56 Å². The summed E-state index contributed by atoms with van der Waals surface area (Å²) in [6, 6.07) is 5.44. The molecule has 1 aromatic carbocycles. The number of benzene rings is 1. The summed E-state index contributed by atoms with van der Waals surface area (Å²) >= 11 is 1.65. The predicted octanol–water partition coefficient (Wildman–Crippen LogP) is 1.83. The van der Waals surface area contributed by atoms with Gasteiger partial charge in [0, 0.05) is 17.0 Å². The number of hydrogen-bond donors (Lipinski definition) is 2. The second kappa shape index (κ2) is 3.53. The van der Waals surface area contributed by atoms with Crippen LogP contribution in [-0.4, -0.2) is 23.4 Å². The van der Waals surface area contributed by atoms with Gasteiger partial charge < -0.3 is 10.4 Å². The van der Waals surface area contributed by atoms with Crippen molar-refractivity contribution in [2.75, 3.05) is 11.6 Å². The Labute approximate surface area is 86.5 Å². The molecule has 0 amide bonds. The van der Waals surface area contributed by atoms with Gasteiger partial charge in [0.2, 0.25) is 0 Å². The quantitative estimate of drug-likeness (QED) is 0.730. The van der Waals surface area contributed by atoms with E-state index < -0.39 is 12.0 Å². The zero-order valence-electron chi connectivity index (χ0n) is 7.78. The van der Waals surface area contributed by atoms with E-state index in [2.05, 4.69) is 5.32 Å². The molecule has 0 unspecified atom stereocenters. The molecule has 0 bridgehead atoms. The molecule has 0 spiro atoms. The summed E-state index contributed by atoms with van der Waals surface area (Å²) in [7, 11) is 0. The molecule has 0 saturated carbocycles. The SMILES string of the molecule is CSc1cccc2c1C[C@@H](C(=O)O)N2. The number of thioether (sulfide) groups is 1.